The van der Waals surface area contributed by atoms with Gasteiger partial charge >= 0.3 is 5.69 Å². The predicted molar refractivity (Wildman–Crippen MR) is 107 cm³/mol. The molecule has 0 spiro atoms. The minimum Gasteiger partial charge on any atom is -0.492 e. The third-order valence-corrected chi connectivity index (χ3v) is 6.06. The lowest BCUT2D eigenvalue weighted by atomic mass is 9.89. The van der Waals surface area contributed by atoms with Crippen molar-refractivity contribution >= 4 is 11.0 Å². The highest BCUT2D eigenvalue weighted by Crippen LogP contribution is 2.27. The summed E-state index contributed by atoms with van der Waals surface area (Å²) < 4.78 is 15.1. The molecule has 0 radical (unpaired) electrons. The van der Waals surface area contributed by atoms with Crippen LogP contribution >= 0.6 is 0 Å². The second-order valence-electron chi connectivity index (χ2n) is 7.91. The van der Waals surface area contributed by atoms with Crippen LogP contribution in [-0.2, 0) is 18.3 Å². The van der Waals surface area contributed by atoms with E-state index in [4.69, 9.17) is 9.47 Å². The number of aryl methyl sites for hydroxylation is 1. The fraction of sp³-hybridized carbons (Fsp3) is 0.667. The van der Waals surface area contributed by atoms with E-state index in [1.54, 1.807) is 4.57 Å². The third kappa shape index (κ3) is 4.22. The summed E-state index contributed by atoms with van der Waals surface area (Å²) in [4.78, 5) is 15.1. The molecule has 2 fully saturated rings. The lowest BCUT2D eigenvalue weighted by Crippen LogP contribution is -2.38. The highest BCUT2D eigenvalue weighted by molar-refractivity contribution is 5.77. The second-order valence-corrected chi connectivity index (χ2v) is 7.91. The summed E-state index contributed by atoms with van der Waals surface area (Å²) in [6.45, 7) is 5.96. The van der Waals surface area contributed by atoms with Crippen molar-refractivity contribution in [1.82, 2.24) is 14.0 Å². The van der Waals surface area contributed by atoms with Crippen molar-refractivity contribution in [3.63, 3.8) is 0 Å². The predicted octanol–water partition coefficient (Wildman–Crippen LogP) is 2.63. The molecule has 2 heterocycles. The second kappa shape index (κ2) is 8.48. The van der Waals surface area contributed by atoms with Crippen LogP contribution in [0.5, 0.6) is 5.75 Å². The molecule has 2 aromatic rings. The molecule has 1 saturated carbocycles. The molecule has 4 rings (SSSR count). The van der Waals surface area contributed by atoms with Gasteiger partial charge in [0.2, 0.25) is 0 Å². The van der Waals surface area contributed by atoms with Crippen molar-refractivity contribution in [2.24, 2.45) is 13.0 Å². The summed E-state index contributed by atoms with van der Waals surface area (Å²) >= 11 is 0. The number of hydrogen-bond acceptors (Lipinski definition) is 4. The molecule has 6 heteroatoms. The van der Waals surface area contributed by atoms with Crippen molar-refractivity contribution < 1.29 is 9.47 Å². The number of ether oxygens (including phenoxy) is 2. The molecule has 1 aliphatic carbocycles. The molecule has 1 aromatic heterocycles. The lowest BCUT2D eigenvalue weighted by Gasteiger charge is -2.26. The number of hydrogen-bond donors (Lipinski definition) is 0. The maximum absolute atomic E-state index is 12.8. The van der Waals surface area contributed by atoms with Crippen molar-refractivity contribution in [1.29, 1.82) is 0 Å². The van der Waals surface area contributed by atoms with E-state index in [1.165, 1.54) is 32.1 Å². The normalized spacial score (nSPS) is 19.6. The van der Waals surface area contributed by atoms with E-state index in [9.17, 15) is 4.79 Å². The molecule has 6 nitrogen and oxygen atoms in total. The number of rotatable bonds is 6. The molecule has 0 N–H and O–H groups in total. The van der Waals surface area contributed by atoms with E-state index in [-0.39, 0.29) is 5.69 Å². The summed E-state index contributed by atoms with van der Waals surface area (Å²) in [5.41, 5.74) is 2.06. The number of nitrogens with zero attached hydrogens (tertiary/aromatic N) is 3. The largest absolute Gasteiger partial charge is 0.492 e. The van der Waals surface area contributed by atoms with Crippen LogP contribution in [0.2, 0.25) is 0 Å². The number of benzene rings is 1. The first-order valence-electron chi connectivity index (χ1n) is 10.3. The Bertz CT molecular complexity index is 814. The molecule has 1 aliphatic heterocycles. The van der Waals surface area contributed by atoms with Crippen molar-refractivity contribution in [3.8, 4) is 5.75 Å². The van der Waals surface area contributed by atoms with Gasteiger partial charge in [-0.15, -0.1) is 0 Å². The molecule has 1 saturated heterocycles. The van der Waals surface area contributed by atoms with Crippen molar-refractivity contribution in [3.05, 3.63) is 28.7 Å². The Kier molecular flexibility index (Phi) is 5.83. The van der Waals surface area contributed by atoms with Crippen LogP contribution in [0, 0.1) is 5.92 Å². The minimum atomic E-state index is 0.0843. The fourth-order valence-corrected chi connectivity index (χ4v) is 4.40. The Hall–Kier alpha value is -1.79. The Balaban J connectivity index is 1.48. The van der Waals surface area contributed by atoms with E-state index in [1.807, 2.05) is 29.8 Å². The zero-order chi connectivity index (χ0) is 18.6. The van der Waals surface area contributed by atoms with Gasteiger partial charge in [0, 0.05) is 39.3 Å². The lowest BCUT2D eigenvalue weighted by molar-refractivity contribution is 0.0322. The van der Waals surface area contributed by atoms with Gasteiger partial charge in [0.05, 0.1) is 24.2 Å². The minimum absolute atomic E-state index is 0.0843. The van der Waals surface area contributed by atoms with Gasteiger partial charge in [-0.1, -0.05) is 19.3 Å². The monoisotopic (exact) mass is 373 g/mol. The first kappa shape index (κ1) is 18.6. The quantitative estimate of drug-likeness (QED) is 0.781. The van der Waals surface area contributed by atoms with Gasteiger partial charge in [0.15, 0.2) is 0 Å². The Morgan fingerprint density at radius 3 is 2.67 bits per heavy atom. The van der Waals surface area contributed by atoms with Crippen LogP contribution < -0.4 is 10.4 Å². The smallest absolute Gasteiger partial charge is 0.328 e. The molecular formula is C21H31N3O3. The summed E-state index contributed by atoms with van der Waals surface area (Å²) in [6, 6.07) is 6.03. The van der Waals surface area contributed by atoms with Crippen LogP contribution in [0.1, 0.15) is 32.1 Å². The topological polar surface area (TPSA) is 48.6 Å². The molecule has 27 heavy (non-hydrogen) atoms. The Morgan fingerprint density at radius 2 is 1.89 bits per heavy atom. The summed E-state index contributed by atoms with van der Waals surface area (Å²) in [5.74, 6) is 1.46. The molecule has 0 atom stereocenters. The van der Waals surface area contributed by atoms with E-state index in [0.717, 1.165) is 56.2 Å². The van der Waals surface area contributed by atoms with Gasteiger partial charge in [-0.25, -0.2) is 4.79 Å². The maximum Gasteiger partial charge on any atom is 0.328 e. The van der Waals surface area contributed by atoms with Crippen LogP contribution in [0.15, 0.2) is 23.0 Å². The molecule has 0 unspecified atom stereocenters. The standard InChI is InChI=1S/C21H31N3O3/c1-22-19-8-7-18(27-14-11-23-9-12-26-13-10-23)15-20(19)24(21(22)25)16-17-5-3-2-4-6-17/h7-8,15,17H,2-6,9-14,16H2,1H3. The van der Waals surface area contributed by atoms with Crippen molar-refractivity contribution in [2.75, 3.05) is 39.5 Å². The molecule has 0 amide bonds. The average molecular weight is 373 g/mol. The van der Waals surface area contributed by atoms with E-state index in [2.05, 4.69) is 4.90 Å². The van der Waals surface area contributed by atoms with Crippen LogP contribution in [0.25, 0.3) is 11.0 Å². The van der Waals surface area contributed by atoms with Crippen LogP contribution in [-0.4, -0.2) is 53.5 Å². The SMILES string of the molecule is Cn1c(=O)n(CC2CCCCC2)c2cc(OCCN3CCOCC3)ccc21. The van der Waals surface area contributed by atoms with E-state index >= 15 is 0 Å². The molecular weight excluding hydrogens is 342 g/mol. The van der Waals surface area contributed by atoms with Gasteiger partial charge in [-0.3, -0.25) is 14.0 Å². The summed E-state index contributed by atoms with van der Waals surface area (Å²) in [7, 11) is 1.86. The number of morpholine rings is 1. The first-order valence-corrected chi connectivity index (χ1v) is 10.3. The Morgan fingerprint density at radius 1 is 1.11 bits per heavy atom. The highest BCUT2D eigenvalue weighted by atomic mass is 16.5. The van der Waals surface area contributed by atoms with Gasteiger partial charge in [0.25, 0.3) is 0 Å². The van der Waals surface area contributed by atoms with Gasteiger partial charge in [-0.2, -0.15) is 0 Å². The highest BCUT2D eigenvalue weighted by Gasteiger charge is 2.18. The average Bonchev–Trinajstić information content (AvgIpc) is 2.94. The van der Waals surface area contributed by atoms with Crippen molar-refractivity contribution in [2.45, 2.75) is 38.6 Å². The molecule has 148 valence electrons. The number of aromatic nitrogens is 2. The molecule has 2 aliphatic rings. The number of fused-ring (bicyclic) bond motifs is 1. The van der Waals surface area contributed by atoms with Gasteiger partial charge in [0.1, 0.15) is 12.4 Å². The van der Waals surface area contributed by atoms with Crippen LogP contribution in [0.3, 0.4) is 0 Å². The van der Waals surface area contributed by atoms with E-state index in [0.29, 0.717) is 12.5 Å². The van der Waals surface area contributed by atoms with Gasteiger partial charge < -0.3 is 9.47 Å². The molecule has 1 aromatic carbocycles. The van der Waals surface area contributed by atoms with E-state index < -0.39 is 0 Å². The molecule has 0 bridgehead atoms. The first-order chi connectivity index (χ1) is 13.2. The van der Waals surface area contributed by atoms with Crippen LogP contribution in [0.4, 0.5) is 0 Å². The number of imidazole rings is 1. The maximum atomic E-state index is 12.8. The zero-order valence-electron chi connectivity index (χ0n) is 16.4. The zero-order valence-corrected chi connectivity index (χ0v) is 16.4. The fourth-order valence-electron chi connectivity index (χ4n) is 4.40. The summed E-state index contributed by atoms with van der Waals surface area (Å²) in [6.07, 6.45) is 6.39. The van der Waals surface area contributed by atoms with Gasteiger partial charge in [-0.05, 0) is 30.9 Å². The summed E-state index contributed by atoms with van der Waals surface area (Å²) in [5, 5.41) is 0. The third-order valence-electron chi connectivity index (χ3n) is 6.06. The Labute approximate surface area is 160 Å².